The molecule has 0 amide bonds. The van der Waals surface area contributed by atoms with Gasteiger partial charge in [-0.2, -0.15) is 0 Å². The molecule has 0 aliphatic carbocycles. The average Bonchev–Trinajstić information content (AvgIpc) is 3.06. The standard InChI is InChI=1S/C38H42O4/c39-37(31-18-9-5-10-19-31)33(22-16-30-42-35-23-13-7-14-24-35)17-8-3-1-2-4-15-29-41-36-27-25-34(26-28-36)38(40)32-20-11-6-12-21-32/h5-7,9-14,18-21,23-28,33H,1-4,8,15-17,22,29-30H2. The topological polar surface area (TPSA) is 52.6 Å². The summed E-state index contributed by atoms with van der Waals surface area (Å²) in [6.07, 6.45) is 9.28. The van der Waals surface area contributed by atoms with E-state index < -0.39 is 0 Å². The zero-order valence-corrected chi connectivity index (χ0v) is 24.5. The summed E-state index contributed by atoms with van der Waals surface area (Å²) in [4.78, 5) is 25.8. The Hall–Kier alpha value is -4.18. The smallest absolute Gasteiger partial charge is 0.193 e. The molecule has 0 fully saturated rings. The minimum atomic E-state index is 0.0231. The van der Waals surface area contributed by atoms with Gasteiger partial charge in [0.1, 0.15) is 11.5 Å². The summed E-state index contributed by atoms with van der Waals surface area (Å²) in [6.45, 7) is 1.30. The Labute approximate surface area is 250 Å². The van der Waals surface area contributed by atoms with E-state index in [0.717, 1.165) is 68.4 Å². The second-order valence-electron chi connectivity index (χ2n) is 10.7. The molecule has 4 rings (SSSR count). The molecule has 4 aromatic carbocycles. The van der Waals surface area contributed by atoms with Gasteiger partial charge in [0.15, 0.2) is 11.6 Å². The van der Waals surface area contributed by atoms with Crippen molar-refractivity contribution in [2.45, 2.75) is 57.8 Å². The van der Waals surface area contributed by atoms with Crippen molar-refractivity contribution < 1.29 is 19.1 Å². The molecule has 0 spiro atoms. The molecular formula is C38H42O4. The number of rotatable bonds is 19. The fraction of sp³-hybridized carbons (Fsp3) is 0.316. The monoisotopic (exact) mass is 562 g/mol. The first-order valence-corrected chi connectivity index (χ1v) is 15.3. The van der Waals surface area contributed by atoms with Crippen LogP contribution in [0, 0.1) is 5.92 Å². The molecule has 218 valence electrons. The molecule has 1 atom stereocenters. The summed E-state index contributed by atoms with van der Waals surface area (Å²) in [5.74, 6) is 1.99. The van der Waals surface area contributed by atoms with Crippen molar-refractivity contribution in [1.29, 1.82) is 0 Å². The van der Waals surface area contributed by atoms with Crippen LogP contribution in [-0.4, -0.2) is 24.8 Å². The molecule has 4 nitrogen and oxygen atoms in total. The van der Waals surface area contributed by atoms with Crippen LogP contribution >= 0.6 is 0 Å². The van der Waals surface area contributed by atoms with Gasteiger partial charge in [-0.3, -0.25) is 9.59 Å². The Kier molecular flexibility index (Phi) is 12.9. The molecule has 0 heterocycles. The second-order valence-corrected chi connectivity index (χ2v) is 10.7. The molecule has 0 saturated heterocycles. The van der Waals surface area contributed by atoms with E-state index in [9.17, 15) is 9.59 Å². The van der Waals surface area contributed by atoms with Crippen molar-refractivity contribution in [1.82, 2.24) is 0 Å². The van der Waals surface area contributed by atoms with Gasteiger partial charge in [0.05, 0.1) is 13.2 Å². The van der Waals surface area contributed by atoms with Gasteiger partial charge in [0.25, 0.3) is 0 Å². The molecule has 0 saturated carbocycles. The molecule has 42 heavy (non-hydrogen) atoms. The molecule has 0 bridgehead atoms. The molecule has 0 aliphatic rings. The molecule has 0 aromatic heterocycles. The number of hydrogen-bond donors (Lipinski definition) is 0. The van der Waals surface area contributed by atoms with Crippen molar-refractivity contribution in [3.05, 3.63) is 132 Å². The summed E-state index contributed by atoms with van der Waals surface area (Å²) in [5, 5.41) is 0. The molecule has 0 radical (unpaired) electrons. The first kappa shape index (κ1) is 30.8. The van der Waals surface area contributed by atoms with E-state index in [1.54, 1.807) is 0 Å². The maximum Gasteiger partial charge on any atom is 0.193 e. The maximum absolute atomic E-state index is 13.2. The van der Waals surface area contributed by atoms with Crippen LogP contribution in [0.2, 0.25) is 0 Å². The lowest BCUT2D eigenvalue weighted by Crippen LogP contribution is -2.16. The Balaban J connectivity index is 1.10. The lowest BCUT2D eigenvalue weighted by molar-refractivity contribution is 0.0898. The zero-order valence-electron chi connectivity index (χ0n) is 24.5. The third kappa shape index (κ3) is 10.3. The van der Waals surface area contributed by atoms with Crippen LogP contribution < -0.4 is 9.47 Å². The van der Waals surface area contributed by atoms with Crippen LogP contribution in [0.25, 0.3) is 0 Å². The number of para-hydroxylation sites is 1. The number of ether oxygens (including phenoxy) is 2. The lowest BCUT2D eigenvalue weighted by Gasteiger charge is -2.16. The van der Waals surface area contributed by atoms with E-state index in [-0.39, 0.29) is 17.5 Å². The van der Waals surface area contributed by atoms with E-state index in [0.29, 0.717) is 24.3 Å². The Bertz CT molecular complexity index is 1320. The van der Waals surface area contributed by atoms with Crippen molar-refractivity contribution in [3.63, 3.8) is 0 Å². The van der Waals surface area contributed by atoms with Gasteiger partial charge in [-0.05, 0) is 62.1 Å². The average molecular weight is 563 g/mol. The van der Waals surface area contributed by atoms with Gasteiger partial charge < -0.3 is 9.47 Å². The minimum absolute atomic E-state index is 0.0231. The van der Waals surface area contributed by atoms with Crippen LogP contribution in [0.4, 0.5) is 0 Å². The Morgan fingerprint density at radius 2 is 0.905 bits per heavy atom. The summed E-state index contributed by atoms with van der Waals surface area (Å²) in [5.41, 5.74) is 2.17. The molecule has 4 heteroatoms. The molecular weight excluding hydrogens is 520 g/mol. The number of carbonyl (C=O) groups excluding carboxylic acids is 2. The minimum Gasteiger partial charge on any atom is -0.494 e. The normalized spacial score (nSPS) is 11.5. The third-order valence-electron chi connectivity index (χ3n) is 7.51. The van der Waals surface area contributed by atoms with Crippen molar-refractivity contribution in [2.24, 2.45) is 5.92 Å². The van der Waals surface area contributed by atoms with Gasteiger partial charge in [0, 0.05) is 22.6 Å². The van der Waals surface area contributed by atoms with E-state index in [1.807, 2.05) is 115 Å². The number of hydrogen-bond acceptors (Lipinski definition) is 4. The highest BCUT2D eigenvalue weighted by molar-refractivity contribution is 6.09. The number of ketones is 2. The number of unbranched alkanes of at least 4 members (excludes halogenated alkanes) is 5. The predicted octanol–water partition coefficient (Wildman–Crippen LogP) is 9.39. The number of Topliss-reactive ketones (excluding diaryl/α,β-unsaturated/α-hetero) is 1. The van der Waals surface area contributed by atoms with E-state index in [4.69, 9.17) is 9.47 Å². The molecule has 4 aromatic rings. The van der Waals surface area contributed by atoms with Crippen LogP contribution in [-0.2, 0) is 0 Å². The number of benzene rings is 4. The summed E-state index contributed by atoms with van der Waals surface area (Å²) < 4.78 is 11.7. The highest BCUT2D eigenvalue weighted by Gasteiger charge is 2.19. The fourth-order valence-corrected chi connectivity index (χ4v) is 5.13. The third-order valence-corrected chi connectivity index (χ3v) is 7.51. The van der Waals surface area contributed by atoms with Crippen LogP contribution in [0.3, 0.4) is 0 Å². The Morgan fingerprint density at radius 1 is 0.452 bits per heavy atom. The van der Waals surface area contributed by atoms with Gasteiger partial charge in [0.2, 0.25) is 0 Å². The predicted molar refractivity (Wildman–Crippen MR) is 170 cm³/mol. The molecule has 0 aliphatic heterocycles. The first-order valence-electron chi connectivity index (χ1n) is 15.3. The lowest BCUT2D eigenvalue weighted by atomic mass is 9.88. The Morgan fingerprint density at radius 3 is 1.55 bits per heavy atom. The van der Waals surface area contributed by atoms with Gasteiger partial charge >= 0.3 is 0 Å². The maximum atomic E-state index is 13.2. The first-order chi connectivity index (χ1) is 20.7. The second kappa shape index (κ2) is 17.6. The summed E-state index contributed by atoms with van der Waals surface area (Å²) >= 11 is 0. The van der Waals surface area contributed by atoms with E-state index >= 15 is 0 Å². The van der Waals surface area contributed by atoms with Gasteiger partial charge in [-0.15, -0.1) is 0 Å². The largest absolute Gasteiger partial charge is 0.494 e. The van der Waals surface area contributed by atoms with Gasteiger partial charge in [-0.25, -0.2) is 0 Å². The van der Waals surface area contributed by atoms with Crippen LogP contribution in [0.15, 0.2) is 115 Å². The SMILES string of the molecule is O=C(c1ccccc1)c1ccc(OCCCCCCCCC(CCCOc2ccccc2)C(=O)c2ccccc2)cc1. The quantitative estimate of drug-likeness (QED) is 0.0844. The van der Waals surface area contributed by atoms with E-state index in [2.05, 4.69) is 0 Å². The number of carbonyl (C=O) groups is 2. The molecule has 1 unspecified atom stereocenters. The summed E-state index contributed by atoms with van der Waals surface area (Å²) in [7, 11) is 0. The van der Waals surface area contributed by atoms with Crippen molar-refractivity contribution in [2.75, 3.05) is 13.2 Å². The van der Waals surface area contributed by atoms with Crippen molar-refractivity contribution in [3.8, 4) is 11.5 Å². The van der Waals surface area contributed by atoms with Crippen molar-refractivity contribution >= 4 is 11.6 Å². The summed E-state index contributed by atoms with van der Waals surface area (Å²) in [6, 6.07) is 36.3. The van der Waals surface area contributed by atoms with E-state index in [1.165, 1.54) is 6.42 Å². The molecule has 0 N–H and O–H groups in total. The highest BCUT2D eigenvalue weighted by atomic mass is 16.5. The highest BCUT2D eigenvalue weighted by Crippen LogP contribution is 2.23. The van der Waals surface area contributed by atoms with Crippen LogP contribution in [0.5, 0.6) is 11.5 Å². The zero-order chi connectivity index (χ0) is 29.2. The van der Waals surface area contributed by atoms with Crippen LogP contribution in [0.1, 0.15) is 84.1 Å². The van der Waals surface area contributed by atoms with Gasteiger partial charge in [-0.1, -0.05) is 111 Å². The fourth-order valence-electron chi connectivity index (χ4n) is 5.13.